The number of nitrogens with zero attached hydrogens (tertiary/aromatic N) is 2. The van der Waals surface area contributed by atoms with Crippen LogP contribution < -0.4 is 16.0 Å². The molecule has 0 aromatic heterocycles. The van der Waals surface area contributed by atoms with Crippen molar-refractivity contribution in [2.24, 2.45) is 5.73 Å². The van der Waals surface area contributed by atoms with E-state index < -0.39 is 0 Å². The van der Waals surface area contributed by atoms with E-state index >= 15 is 0 Å². The van der Waals surface area contributed by atoms with Crippen molar-refractivity contribution in [2.75, 3.05) is 56.6 Å². The molecule has 19 heavy (non-hydrogen) atoms. The summed E-state index contributed by atoms with van der Waals surface area (Å²) >= 11 is 0. The summed E-state index contributed by atoms with van der Waals surface area (Å²) in [5.74, 6) is 0. The zero-order chi connectivity index (χ0) is 13.7. The van der Waals surface area contributed by atoms with Gasteiger partial charge in [-0.2, -0.15) is 0 Å². The molecule has 1 heterocycles. The molecule has 5 heteroatoms. The zero-order valence-electron chi connectivity index (χ0n) is 11.5. The molecule has 1 fully saturated rings. The number of rotatable bonds is 4. The summed E-state index contributed by atoms with van der Waals surface area (Å²) in [5, 5.41) is 12.2. The maximum absolute atomic E-state index is 9.03. The van der Waals surface area contributed by atoms with E-state index in [0.717, 1.165) is 31.9 Å². The molecule has 1 unspecified atom stereocenters. The van der Waals surface area contributed by atoms with E-state index in [1.54, 1.807) is 0 Å². The molecule has 2 rings (SSSR count). The number of aliphatic hydroxyl groups excluding tert-OH is 1. The topological polar surface area (TPSA) is 64.8 Å². The van der Waals surface area contributed by atoms with Gasteiger partial charge in [-0.1, -0.05) is 0 Å². The fourth-order valence-corrected chi connectivity index (χ4v) is 2.54. The summed E-state index contributed by atoms with van der Waals surface area (Å²) in [6.07, 6.45) is 0. The largest absolute Gasteiger partial charge is 0.395 e. The quantitative estimate of drug-likeness (QED) is 0.723. The molecule has 0 radical (unpaired) electrons. The minimum Gasteiger partial charge on any atom is -0.395 e. The molecule has 0 bridgehead atoms. The molecule has 5 nitrogen and oxygen atoms in total. The van der Waals surface area contributed by atoms with E-state index in [9.17, 15) is 0 Å². The number of hydrogen-bond acceptors (Lipinski definition) is 5. The molecule has 1 aliphatic rings. The summed E-state index contributed by atoms with van der Waals surface area (Å²) < 4.78 is 0. The second kappa shape index (κ2) is 6.75. The Hall–Kier alpha value is -1.30. The van der Waals surface area contributed by atoms with Gasteiger partial charge < -0.3 is 21.1 Å². The van der Waals surface area contributed by atoms with Crippen molar-refractivity contribution >= 4 is 11.4 Å². The average molecular weight is 264 g/mol. The Balaban J connectivity index is 2.03. The number of aliphatic hydroxyl groups is 1. The van der Waals surface area contributed by atoms with Crippen LogP contribution in [0.2, 0.25) is 0 Å². The van der Waals surface area contributed by atoms with Gasteiger partial charge in [0, 0.05) is 57.2 Å². The maximum Gasteiger partial charge on any atom is 0.0558 e. The third-order valence-electron chi connectivity index (χ3n) is 3.57. The highest BCUT2D eigenvalue weighted by Gasteiger charge is 2.19. The lowest BCUT2D eigenvalue weighted by molar-refractivity contribution is 0.199. The van der Waals surface area contributed by atoms with Crippen molar-refractivity contribution in [3.05, 3.63) is 24.3 Å². The summed E-state index contributed by atoms with van der Waals surface area (Å²) in [7, 11) is 1.92. The minimum absolute atomic E-state index is 0.123. The predicted molar refractivity (Wildman–Crippen MR) is 79.7 cm³/mol. The van der Waals surface area contributed by atoms with Crippen LogP contribution in [0.5, 0.6) is 0 Å². The van der Waals surface area contributed by atoms with Gasteiger partial charge in [0.1, 0.15) is 0 Å². The Bertz CT molecular complexity index is 382. The Kier molecular flexibility index (Phi) is 5.01. The Morgan fingerprint density at radius 2 is 2.00 bits per heavy atom. The number of anilines is 2. The lowest BCUT2D eigenvalue weighted by Crippen LogP contribution is -2.40. The van der Waals surface area contributed by atoms with Crippen LogP contribution in [0.1, 0.15) is 0 Å². The molecule has 1 aromatic rings. The highest BCUT2D eigenvalue weighted by molar-refractivity contribution is 5.55. The van der Waals surface area contributed by atoms with Gasteiger partial charge in [-0.15, -0.1) is 0 Å². The summed E-state index contributed by atoms with van der Waals surface area (Å²) in [4.78, 5) is 4.55. The van der Waals surface area contributed by atoms with Crippen LogP contribution in [-0.2, 0) is 0 Å². The number of nitrogens with two attached hydrogens (primary N) is 1. The van der Waals surface area contributed by atoms with Crippen molar-refractivity contribution in [2.45, 2.75) is 6.04 Å². The molecule has 4 N–H and O–H groups in total. The first-order valence-electron chi connectivity index (χ1n) is 6.84. The second-order valence-electron chi connectivity index (χ2n) is 5.03. The van der Waals surface area contributed by atoms with Crippen LogP contribution in [0.15, 0.2) is 24.3 Å². The van der Waals surface area contributed by atoms with Crippen molar-refractivity contribution in [3.8, 4) is 0 Å². The normalized spacial score (nSPS) is 21.2. The van der Waals surface area contributed by atoms with Gasteiger partial charge in [-0.05, 0) is 24.3 Å². The second-order valence-corrected chi connectivity index (χ2v) is 5.03. The zero-order valence-corrected chi connectivity index (χ0v) is 11.5. The minimum atomic E-state index is 0.123. The SMILES string of the molecule is CNc1ccc(N2CCN(CCO)CC(N)C2)cc1. The van der Waals surface area contributed by atoms with E-state index in [2.05, 4.69) is 39.4 Å². The van der Waals surface area contributed by atoms with Crippen molar-refractivity contribution in [3.63, 3.8) is 0 Å². The smallest absolute Gasteiger partial charge is 0.0558 e. The monoisotopic (exact) mass is 264 g/mol. The Labute approximate surface area is 115 Å². The molecule has 0 amide bonds. The van der Waals surface area contributed by atoms with Gasteiger partial charge in [-0.25, -0.2) is 0 Å². The fraction of sp³-hybridized carbons (Fsp3) is 0.571. The molecule has 1 aliphatic heterocycles. The average Bonchev–Trinajstić information content (AvgIpc) is 2.61. The molecule has 1 atom stereocenters. The third-order valence-corrected chi connectivity index (χ3v) is 3.57. The Morgan fingerprint density at radius 3 is 2.63 bits per heavy atom. The molecule has 0 aliphatic carbocycles. The van der Waals surface area contributed by atoms with Gasteiger partial charge in [0.05, 0.1) is 6.61 Å². The summed E-state index contributed by atoms with van der Waals surface area (Å²) in [5.41, 5.74) is 8.49. The molecule has 1 saturated heterocycles. The van der Waals surface area contributed by atoms with Crippen LogP contribution in [-0.4, -0.2) is 62.4 Å². The van der Waals surface area contributed by atoms with E-state index in [-0.39, 0.29) is 12.6 Å². The first-order valence-corrected chi connectivity index (χ1v) is 6.84. The van der Waals surface area contributed by atoms with Crippen LogP contribution in [0.4, 0.5) is 11.4 Å². The van der Waals surface area contributed by atoms with E-state index in [1.165, 1.54) is 5.69 Å². The molecular formula is C14H24N4O. The van der Waals surface area contributed by atoms with Gasteiger partial charge in [0.15, 0.2) is 0 Å². The van der Waals surface area contributed by atoms with Crippen molar-refractivity contribution < 1.29 is 5.11 Å². The van der Waals surface area contributed by atoms with Gasteiger partial charge in [-0.3, -0.25) is 4.90 Å². The lowest BCUT2D eigenvalue weighted by Gasteiger charge is -2.24. The van der Waals surface area contributed by atoms with E-state index in [0.29, 0.717) is 6.54 Å². The number of β-amino-alcohol motifs (C(OH)–C–C–N with tert-alkyl or cyclic N) is 1. The standard InChI is InChI=1S/C14H24N4O/c1-16-13-2-4-14(5-3-13)18-7-6-17(8-9-19)10-12(15)11-18/h2-5,12,16,19H,6-11,15H2,1H3. The lowest BCUT2D eigenvalue weighted by atomic mass is 10.2. The number of nitrogens with one attached hydrogen (secondary N) is 1. The first kappa shape index (κ1) is 14.1. The van der Waals surface area contributed by atoms with Gasteiger partial charge in [0.25, 0.3) is 0 Å². The molecular weight excluding hydrogens is 240 g/mol. The predicted octanol–water partition coefficient (Wildman–Crippen LogP) is 0.170. The summed E-state index contributed by atoms with van der Waals surface area (Å²) in [6, 6.07) is 8.53. The third kappa shape index (κ3) is 3.83. The van der Waals surface area contributed by atoms with Crippen LogP contribution >= 0.6 is 0 Å². The maximum atomic E-state index is 9.03. The summed E-state index contributed by atoms with van der Waals surface area (Å²) in [6.45, 7) is 4.52. The first-order chi connectivity index (χ1) is 9.22. The highest BCUT2D eigenvalue weighted by atomic mass is 16.3. The molecule has 1 aromatic carbocycles. The number of benzene rings is 1. The molecule has 0 saturated carbocycles. The Morgan fingerprint density at radius 1 is 1.26 bits per heavy atom. The highest BCUT2D eigenvalue weighted by Crippen LogP contribution is 2.19. The van der Waals surface area contributed by atoms with Gasteiger partial charge in [0.2, 0.25) is 0 Å². The van der Waals surface area contributed by atoms with E-state index in [1.807, 2.05) is 7.05 Å². The van der Waals surface area contributed by atoms with Crippen LogP contribution in [0.25, 0.3) is 0 Å². The fourth-order valence-electron chi connectivity index (χ4n) is 2.54. The number of hydrogen-bond donors (Lipinski definition) is 3. The molecule has 106 valence electrons. The molecule has 0 spiro atoms. The van der Waals surface area contributed by atoms with Crippen molar-refractivity contribution in [1.29, 1.82) is 0 Å². The van der Waals surface area contributed by atoms with Crippen molar-refractivity contribution in [1.82, 2.24) is 4.90 Å². The van der Waals surface area contributed by atoms with Crippen LogP contribution in [0, 0.1) is 0 Å². The van der Waals surface area contributed by atoms with Gasteiger partial charge >= 0.3 is 0 Å². The van der Waals surface area contributed by atoms with Crippen LogP contribution in [0.3, 0.4) is 0 Å². The van der Waals surface area contributed by atoms with E-state index in [4.69, 9.17) is 10.8 Å².